The Morgan fingerprint density at radius 2 is 1.75 bits per heavy atom. The van der Waals surface area contributed by atoms with Crippen LogP contribution >= 0.6 is 50.3 Å². The Labute approximate surface area is 236 Å². The SMILES string of the molecule is C=CCc1cc(/C=C2\SC(=O)N(Cc3ccc(I)cc3)C2=O)cc(OC)c1OCc1ccc(Br)cc1. The van der Waals surface area contributed by atoms with Crippen molar-refractivity contribution in [1.82, 2.24) is 4.90 Å². The lowest BCUT2D eigenvalue weighted by Crippen LogP contribution is -2.27. The minimum atomic E-state index is -0.302. The van der Waals surface area contributed by atoms with Crippen LogP contribution in [0.3, 0.4) is 0 Å². The number of benzene rings is 3. The van der Waals surface area contributed by atoms with Crippen LogP contribution in [0.15, 0.2) is 82.7 Å². The number of carbonyl (C=O) groups is 2. The van der Waals surface area contributed by atoms with Crippen molar-refractivity contribution in [3.63, 3.8) is 0 Å². The normalized spacial score (nSPS) is 14.4. The number of imide groups is 1. The molecule has 0 spiro atoms. The lowest BCUT2D eigenvalue weighted by molar-refractivity contribution is -0.123. The highest BCUT2D eigenvalue weighted by Crippen LogP contribution is 2.38. The molecule has 1 fully saturated rings. The summed E-state index contributed by atoms with van der Waals surface area (Å²) in [5, 5.41) is -0.280. The predicted molar refractivity (Wildman–Crippen MR) is 156 cm³/mol. The highest BCUT2D eigenvalue weighted by atomic mass is 127. The smallest absolute Gasteiger partial charge is 0.293 e. The van der Waals surface area contributed by atoms with E-state index >= 15 is 0 Å². The van der Waals surface area contributed by atoms with Crippen LogP contribution in [-0.2, 0) is 24.4 Å². The number of rotatable bonds is 9. The summed E-state index contributed by atoms with van der Waals surface area (Å²) in [7, 11) is 1.58. The Hall–Kier alpha value is -2.56. The summed E-state index contributed by atoms with van der Waals surface area (Å²) in [6.45, 7) is 4.49. The monoisotopic (exact) mass is 675 g/mol. The molecular weight excluding hydrogens is 653 g/mol. The molecule has 0 bridgehead atoms. The zero-order valence-corrected chi connectivity index (χ0v) is 24.1. The first-order valence-electron chi connectivity index (χ1n) is 11.1. The lowest BCUT2D eigenvalue weighted by Gasteiger charge is -2.16. The summed E-state index contributed by atoms with van der Waals surface area (Å²) < 4.78 is 13.9. The number of carbonyl (C=O) groups excluding carboxylic acids is 2. The third kappa shape index (κ3) is 6.41. The molecule has 3 aromatic rings. The molecule has 0 radical (unpaired) electrons. The molecule has 1 aliphatic heterocycles. The zero-order chi connectivity index (χ0) is 25.7. The van der Waals surface area contributed by atoms with Crippen LogP contribution in [-0.4, -0.2) is 23.2 Å². The van der Waals surface area contributed by atoms with Crippen LogP contribution in [0.4, 0.5) is 4.79 Å². The van der Waals surface area contributed by atoms with Gasteiger partial charge in [-0.2, -0.15) is 0 Å². The maximum Gasteiger partial charge on any atom is 0.293 e. The van der Waals surface area contributed by atoms with E-state index in [1.54, 1.807) is 19.3 Å². The number of ether oxygens (including phenoxy) is 2. The minimum absolute atomic E-state index is 0.243. The molecule has 0 atom stereocenters. The van der Waals surface area contributed by atoms with Gasteiger partial charge in [0.1, 0.15) is 6.61 Å². The maximum atomic E-state index is 13.0. The predicted octanol–water partition coefficient (Wildman–Crippen LogP) is 7.61. The van der Waals surface area contributed by atoms with Crippen molar-refractivity contribution in [3.8, 4) is 11.5 Å². The van der Waals surface area contributed by atoms with Gasteiger partial charge in [-0.3, -0.25) is 14.5 Å². The van der Waals surface area contributed by atoms with Gasteiger partial charge in [0.25, 0.3) is 11.1 Å². The van der Waals surface area contributed by atoms with Gasteiger partial charge >= 0.3 is 0 Å². The van der Waals surface area contributed by atoms with Gasteiger partial charge < -0.3 is 9.47 Å². The largest absolute Gasteiger partial charge is 0.493 e. The van der Waals surface area contributed by atoms with Gasteiger partial charge in [0.05, 0.1) is 18.6 Å². The molecule has 0 aromatic heterocycles. The second-order valence-electron chi connectivity index (χ2n) is 8.01. The van der Waals surface area contributed by atoms with Crippen molar-refractivity contribution in [1.29, 1.82) is 0 Å². The van der Waals surface area contributed by atoms with Gasteiger partial charge in [0.2, 0.25) is 0 Å². The van der Waals surface area contributed by atoms with Crippen molar-refractivity contribution in [2.75, 3.05) is 7.11 Å². The highest BCUT2D eigenvalue weighted by molar-refractivity contribution is 14.1. The summed E-state index contributed by atoms with van der Waals surface area (Å²) in [5.74, 6) is 0.878. The van der Waals surface area contributed by atoms with Crippen LogP contribution in [0, 0.1) is 3.57 Å². The number of allylic oxidation sites excluding steroid dienone is 1. The topological polar surface area (TPSA) is 55.8 Å². The van der Waals surface area contributed by atoms with Crippen LogP contribution in [0.5, 0.6) is 11.5 Å². The van der Waals surface area contributed by atoms with E-state index in [2.05, 4.69) is 45.1 Å². The quantitative estimate of drug-likeness (QED) is 0.133. The fourth-order valence-corrected chi connectivity index (χ4v) is 5.15. The van der Waals surface area contributed by atoms with Gasteiger partial charge in [-0.05, 0) is 99.9 Å². The van der Waals surface area contributed by atoms with Crippen molar-refractivity contribution < 1.29 is 19.1 Å². The summed E-state index contributed by atoms with van der Waals surface area (Å²) in [6, 6.07) is 19.4. The Morgan fingerprint density at radius 1 is 1.06 bits per heavy atom. The van der Waals surface area contributed by atoms with Crippen molar-refractivity contribution in [2.24, 2.45) is 0 Å². The summed E-state index contributed by atoms with van der Waals surface area (Å²) in [6.07, 6.45) is 4.08. The molecule has 2 amide bonds. The second-order valence-corrected chi connectivity index (χ2v) is 11.2. The number of nitrogens with zero attached hydrogens (tertiary/aromatic N) is 1. The van der Waals surface area contributed by atoms with E-state index in [0.717, 1.165) is 42.1 Å². The molecule has 1 saturated heterocycles. The van der Waals surface area contributed by atoms with Crippen molar-refractivity contribution in [3.05, 3.63) is 109 Å². The number of halogens is 2. The molecule has 0 saturated carbocycles. The van der Waals surface area contributed by atoms with Crippen LogP contribution in [0.25, 0.3) is 6.08 Å². The summed E-state index contributed by atoms with van der Waals surface area (Å²) >= 11 is 6.61. The highest BCUT2D eigenvalue weighted by Gasteiger charge is 2.35. The van der Waals surface area contributed by atoms with E-state index in [1.807, 2.05) is 60.7 Å². The van der Waals surface area contributed by atoms with Crippen LogP contribution in [0.1, 0.15) is 22.3 Å². The second kappa shape index (κ2) is 12.1. The molecule has 0 aliphatic carbocycles. The van der Waals surface area contributed by atoms with Gasteiger partial charge in [0, 0.05) is 13.6 Å². The number of hydrogen-bond donors (Lipinski definition) is 0. The van der Waals surface area contributed by atoms with Gasteiger partial charge in [-0.1, -0.05) is 46.3 Å². The molecule has 184 valence electrons. The van der Waals surface area contributed by atoms with Crippen molar-refractivity contribution >= 4 is 67.5 Å². The molecule has 5 nitrogen and oxygen atoms in total. The first-order valence-corrected chi connectivity index (χ1v) is 13.8. The lowest BCUT2D eigenvalue weighted by atomic mass is 10.0. The molecule has 1 heterocycles. The molecule has 8 heteroatoms. The minimum Gasteiger partial charge on any atom is -0.493 e. The molecule has 3 aromatic carbocycles. The summed E-state index contributed by atoms with van der Waals surface area (Å²) in [5.41, 5.74) is 3.56. The number of amides is 2. The number of thioether (sulfide) groups is 1. The third-order valence-electron chi connectivity index (χ3n) is 5.46. The summed E-state index contributed by atoms with van der Waals surface area (Å²) in [4.78, 5) is 27.3. The standard InChI is InChI=1S/C28H23BrINO4S/c1-3-4-21-13-20(14-24(34-2)26(21)35-17-19-5-9-22(29)10-6-19)15-25-27(32)31(28(33)36-25)16-18-7-11-23(30)12-8-18/h3,5-15H,1,4,16-17H2,2H3/b25-15-. The Balaban J connectivity index is 1.58. The fraction of sp³-hybridized carbons (Fsp3) is 0.143. The molecule has 0 N–H and O–H groups in total. The Morgan fingerprint density at radius 3 is 2.42 bits per heavy atom. The van der Waals surface area contributed by atoms with E-state index in [1.165, 1.54) is 4.90 Å². The van der Waals surface area contributed by atoms with E-state index in [0.29, 0.717) is 29.4 Å². The van der Waals surface area contributed by atoms with E-state index < -0.39 is 0 Å². The zero-order valence-electron chi connectivity index (χ0n) is 19.5. The molecule has 4 rings (SSSR count). The third-order valence-corrected chi connectivity index (χ3v) is 7.62. The van der Waals surface area contributed by atoms with Crippen LogP contribution < -0.4 is 9.47 Å². The first-order chi connectivity index (χ1) is 17.4. The molecular formula is C28H23BrINO4S. The molecule has 0 unspecified atom stereocenters. The average molecular weight is 676 g/mol. The van der Waals surface area contributed by atoms with Gasteiger partial charge in [0.15, 0.2) is 11.5 Å². The Bertz CT molecular complexity index is 1320. The van der Waals surface area contributed by atoms with E-state index in [4.69, 9.17) is 9.47 Å². The van der Waals surface area contributed by atoms with E-state index in [9.17, 15) is 9.59 Å². The van der Waals surface area contributed by atoms with Gasteiger partial charge in [-0.25, -0.2) is 0 Å². The average Bonchev–Trinajstić information content (AvgIpc) is 3.12. The first kappa shape index (κ1) is 26.5. The fourth-order valence-electron chi connectivity index (χ4n) is 3.69. The van der Waals surface area contributed by atoms with E-state index in [-0.39, 0.29) is 17.7 Å². The Kier molecular flexibility index (Phi) is 8.92. The van der Waals surface area contributed by atoms with Gasteiger partial charge in [-0.15, -0.1) is 6.58 Å². The number of methoxy groups -OCH3 is 1. The maximum absolute atomic E-state index is 13.0. The molecule has 1 aliphatic rings. The number of hydrogen-bond acceptors (Lipinski definition) is 5. The van der Waals surface area contributed by atoms with Crippen LogP contribution in [0.2, 0.25) is 0 Å². The van der Waals surface area contributed by atoms with Crippen molar-refractivity contribution in [2.45, 2.75) is 19.6 Å². The molecule has 36 heavy (non-hydrogen) atoms.